The second kappa shape index (κ2) is 9.56. The van der Waals surface area contributed by atoms with Gasteiger partial charge < -0.3 is 4.74 Å². The molecule has 6 rings (SSSR count). The van der Waals surface area contributed by atoms with Gasteiger partial charge in [-0.25, -0.2) is 4.79 Å². The zero-order chi connectivity index (χ0) is 24.6. The van der Waals surface area contributed by atoms with Crippen LogP contribution in [0.4, 0.5) is 0 Å². The Bertz CT molecular complexity index is 1620. The molecule has 0 N–H and O–H groups in total. The maximum Gasteiger partial charge on any atom is 0.330 e. The van der Waals surface area contributed by atoms with Crippen LogP contribution < -0.4 is 10.4 Å². The molecule has 4 heterocycles. The fourth-order valence-electron chi connectivity index (χ4n) is 5.05. The monoisotopic (exact) mass is 519 g/mol. The van der Waals surface area contributed by atoms with Crippen LogP contribution in [0.1, 0.15) is 43.7 Å². The van der Waals surface area contributed by atoms with Gasteiger partial charge in [-0.15, -0.1) is 0 Å². The molecule has 0 aliphatic heterocycles. The first-order chi connectivity index (χ1) is 17.6. The molecule has 36 heavy (non-hydrogen) atoms. The van der Waals surface area contributed by atoms with Gasteiger partial charge in [0.15, 0.2) is 5.65 Å². The highest BCUT2D eigenvalue weighted by Gasteiger charge is 2.27. The molecule has 1 aliphatic rings. The van der Waals surface area contributed by atoms with Gasteiger partial charge in [0.2, 0.25) is 5.88 Å². The Balaban J connectivity index is 1.61. The molecule has 1 aliphatic carbocycles. The van der Waals surface area contributed by atoms with E-state index in [0.29, 0.717) is 39.4 Å². The lowest BCUT2D eigenvalue weighted by Crippen LogP contribution is -2.29. The number of pyridine rings is 3. The number of nitrogens with zero attached hydrogens (tertiary/aromatic N) is 5. The Kier molecular flexibility index (Phi) is 6.11. The SMILES string of the molecule is O=c1n(Cc2ccc(Cl)c(Cl)c2)c2nc(Oc3cccnc3)c3cccnc3c2n1C1CCCCC1. The molecule has 0 spiro atoms. The van der Waals surface area contributed by atoms with E-state index in [-0.39, 0.29) is 11.7 Å². The van der Waals surface area contributed by atoms with Crippen LogP contribution in [0.2, 0.25) is 10.0 Å². The number of imidazole rings is 1. The summed E-state index contributed by atoms with van der Waals surface area (Å²) in [5.74, 6) is 0.932. The minimum absolute atomic E-state index is 0.0981. The molecule has 7 nitrogen and oxygen atoms in total. The summed E-state index contributed by atoms with van der Waals surface area (Å²) in [7, 11) is 0. The molecule has 0 unspecified atom stereocenters. The van der Waals surface area contributed by atoms with E-state index in [4.69, 9.17) is 37.9 Å². The summed E-state index contributed by atoms with van der Waals surface area (Å²) in [5, 5.41) is 1.65. The predicted octanol–water partition coefficient (Wildman–Crippen LogP) is 6.79. The van der Waals surface area contributed by atoms with Crippen molar-refractivity contribution < 1.29 is 4.74 Å². The predicted molar refractivity (Wildman–Crippen MR) is 141 cm³/mol. The summed E-state index contributed by atoms with van der Waals surface area (Å²) in [6, 6.07) is 12.9. The molecule has 9 heteroatoms. The smallest absolute Gasteiger partial charge is 0.330 e. The van der Waals surface area contributed by atoms with Crippen molar-refractivity contribution in [1.82, 2.24) is 24.1 Å². The number of benzene rings is 1. The highest BCUT2D eigenvalue weighted by atomic mass is 35.5. The quantitative estimate of drug-likeness (QED) is 0.255. The fraction of sp³-hybridized carbons (Fsp3) is 0.259. The Labute approximate surface area is 217 Å². The number of hydrogen-bond donors (Lipinski definition) is 0. The van der Waals surface area contributed by atoms with Crippen LogP contribution in [0.15, 0.2) is 65.8 Å². The van der Waals surface area contributed by atoms with Gasteiger partial charge in [0.25, 0.3) is 0 Å². The molecule has 182 valence electrons. The van der Waals surface area contributed by atoms with Gasteiger partial charge in [0.1, 0.15) is 16.8 Å². The number of ether oxygens (including phenoxy) is 1. The highest BCUT2D eigenvalue weighted by Crippen LogP contribution is 2.36. The summed E-state index contributed by atoms with van der Waals surface area (Å²) in [6.45, 7) is 0.295. The van der Waals surface area contributed by atoms with Crippen LogP contribution in [-0.2, 0) is 6.54 Å². The van der Waals surface area contributed by atoms with E-state index in [9.17, 15) is 4.79 Å². The Hall–Kier alpha value is -3.42. The topological polar surface area (TPSA) is 74.8 Å². The molecule has 0 atom stereocenters. The molecule has 5 aromatic rings. The van der Waals surface area contributed by atoms with E-state index in [0.717, 1.165) is 42.1 Å². The third kappa shape index (κ3) is 4.12. The van der Waals surface area contributed by atoms with Crippen LogP contribution in [0.3, 0.4) is 0 Å². The van der Waals surface area contributed by atoms with Gasteiger partial charge in [-0.3, -0.25) is 19.1 Å². The summed E-state index contributed by atoms with van der Waals surface area (Å²) in [4.78, 5) is 27.8. The number of rotatable bonds is 5. The van der Waals surface area contributed by atoms with Gasteiger partial charge in [-0.05, 0) is 54.8 Å². The number of aromatic nitrogens is 5. The first-order valence-electron chi connectivity index (χ1n) is 12.0. The van der Waals surface area contributed by atoms with E-state index < -0.39 is 0 Å². The molecular formula is C27H23Cl2N5O2. The first kappa shape index (κ1) is 23.0. The molecule has 0 radical (unpaired) electrons. The molecular weight excluding hydrogens is 497 g/mol. The zero-order valence-corrected chi connectivity index (χ0v) is 20.9. The average Bonchev–Trinajstić information content (AvgIpc) is 3.18. The maximum atomic E-state index is 14.0. The lowest BCUT2D eigenvalue weighted by molar-refractivity contribution is 0.351. The molecule has 0 amide bonds. The highest BCUT2D eigenvalue weighted by molar-refractivity contribution is 6.42. The van der Waals surface area contributed by atoms with Crippen molar-refractivity contribution in [2.24, 2.45) is 0 Å². The number of fused-ring (bicyclic) bond motifs is 3. The standard InChI is InChI=1S/C27H23Cl2N5O2/c28-21-11-10-17(14-22(21)29)16-33-25-24(34(27(33)35)18-6-2-1-3-7-18)23-20(9-5-13-31-23)26(32-25)36-19-8-4-12-30-15-19/h4-5,8-15,18H,1-3,6-7,16H2. The average molecular weight is 520 g/mol. The molecule has 1 aromatic carbocycles. The zero-order valence-electron chi connectivity index (χ0n) is 19.4. The third-order valence-electron chi connectivity index (χ3n) is 6.73. The van der Waals surface area contributed by atoms with Crippen molar-refractivity contribution in [3.05, 3.63) is 87.1 Å². The molecule has 4 aromatic heterocycles. The molecule has 1 fully saturated rings. The minimum atomic E-state index is -0.110. The van der Waals surface area contributed by atoms with Crippen molar-refractivity contribution in [3.63, 3.8) is 0 Å². The molecule has 0 saturated heterocycles. The first-order valence-corrected chi connectivity index (χ1v) is 12.8. The van der Waals surface area contributed by atoms with E-state index in [1.54, 1.807) is 41.4 Å². The summed E-state index contributed by atoms with van der Waals surface area (Å²) in [6.07, 6.45) is 10.3. The maximum absolute atomic E-state index is 14.0. The lowest BCUT2D eigenvalue weighted by atomic mass is 9.95. The molecule has 0 bridgehead atoms. The van der Waals surface area contributed by atoms with E-state index >= 15 is 0 Å². The Morgan fingerprint density at radius 2 is 1.83 bits per heavy atom. The third-order valence-corrected chi connectivity index (χ3v) is 7.47. The van der Waals surface area contributed by atoms with Gasteiger partial charge in [0.05, 0.1) is 28.2 Å². The fourth-order valence-corrected chi connectivity index (χ4v) is 5.37. The van der Waals surface area contributed by atoms with Crippen LogP contribution in [-0.4, -0.2) is 24.1 Å². The lowest BCUT2D eigenvalue weighted by Gasteiger charge is -2.23. The summed E-state index contributed by atoms with van der Waals surface area (Å²) < 4.78 is 9.75. The van der Waals surface area contributed by atoms with Crippen molar-refractivity contribution in [2.45, 2.75) is 44.7 Å². The summed E-state index contributed by atoms with van der Waals surface area (Å²) in [5.41, 5.74) is 2.70. The second-order valence-corrected chi connectivity index (χ2v) is 9.87. The van der Waals surface area contributed by atoms with Crippen LogP contribution in [0, 0.1) is 0 Å². The largest absolute Gasteiger partial charge is 0.437 e. The van der Waals surface area contributed by atoms with E-state index in [1.165, 1.54) is 6.42 Å². The van der Waals surface area contributed by atoms with Gasteiger partial charge in [0, 0.05) is 18.4 Å². The Morgan fingerprint density at radius 3 is 2.61 bits per heavy atom. The van der Waals surface area contributed by atoms with Crippen LogP contribution in [0.5, 0.6) is 11.6 Å². The van der Waals surface area contributed by atoms with E-state index in [1.807, 2.05) is 28.8 Å². The van der Waals surface area contributed by atoms with Crippen LogP contribution in [0.25, 0.3) is 22.1 Å². The van der Waals surface area contributed by atoms with Gasteiger partial charge in [-0.1, -0.05) is 48.5 Å². The Morgan fingerprint density at radius 1 is 1.00 bits per heavy atom. The second-order valence-electron chi connectivity index (χ2n) is 9.06. The number of halogens is 2. The normalized spacial score (nSPS) is 14.5. The van der Waals surface area contributed by atoms with Crippen LogP contribution >= 0.6 is 23.2 Å². The van der Waals surface area contributed by atoms with Crippen molar-refractivity contribution in [1.29, 1.82) is 0 Å². The van der Waals surface area contributed by atoms with Gasteiger partial charge in [-0.2, -0.15) is 4.98 Å². The molecule has 1 saturated carbocycles. The van der Waals surface area contributed by atoms with Crippen molar-refractivity contribution in [2.75, 3.05) is 0 Å². The van der Waals surface area contributed by atoms with Gasteiger partial charge >= 0.3 is 5.69 Å². The minimum Gasteiger partial charge on any atom is -0.437 e. The summed E-state index contributed by atoms with van der Waals surface area (Å²) >= 11 is 12.4. The van der Waals surface area contributed by atoms with Crippen molar-refractivity contribution in [3.8, 4) is 11.6 Å². The van der Waals surface area contributed by atoms with E-state index in [2.05, 4.69) is 4.98 Å². The van der Waals surface area contributed by atoms with Crippen molar-refractivity contribution >= 4 is 45.3 Å². The number of hydrogen-bond acceptors (Lipinski definition) is 5.